The Morgan fingerprint density at radius 2 is 2.00 bits per heavy atom. The van der Waals surface area contributed by atoms with E-state index in [0.717, 1.165) is 23.5 Å². The predicted molar refractivity (Wildman–Crippen MR) is 109 cm³/mol. The van der Waals surface area contributed by atoms with Crippen molar-refractivity contribution in [3.8, 4) is 0 Å². The number of nitrogens with one attached hydrogen (secondary N) is 2. The van der Waals surface area contributed by atoms with Crippen LogP contribution in [0.5, 0.6) is 0 Å². The Morgan fingerprint density at radius 3 is 2.72 bits per heavy atom. The van der Waals surface area contributed by atoms with Crippen LogP contribution in [0.3, 0.4) is 0 Å². The smallest absolute Gasteiger partial charge is 0.229 e. The summed E-state index contributed by atoms with van der Waals surface area (Å²) in [5.41, 5.74) is 1.31. The van der Waals surface area contributed by atoms with Gasteiger partial charge in [0.1, 0.15) is 5.82 Å². The van der Waals surface area contributed by atoms with Crippen LogP contribution >= 0.6 is 0 Å². The van der Waals surface area contributed by atoms with Gasteiger partial charge in [-0.05, 0) is 37.8 Å². The van der Waals surface area contributed by atoms with Crippen LogP contribution in [0, 0.1) is 0 Å². The molecule has 0 saturated carbocycles. The molecule has 0 aromatic carbocycles. The highest BCUT2D eigenvalue weighted by atomic mass is 16.3. The van der Waals surface area contributed by atoms with Crippen LogP contribution in [0.15, 0.2) is 24.4 Å². The highest BCUT2D eigenvalue weighted by molar-refractivity contribution is 5.89. The number of aromatic nitrogens is 5. The van der Waals surface area contributed by atoms with Crippen molar-refractivity contribution in [1.29, 1.82) is 0 Å². The third-order valence-corrected chi connectivity index (χ3v) is 6.81. The van der Waals surface area contributed by atoms with Crippen molar-refractivity contribution in [2.45, 2.75) is 56.5 Å². The summed E-state index contributed by atoms with van der Waals surface area (Å²) in [6.45, 7) is -0.0867. The van der Waals surface area contributed by atoms with E-state index in [9.17, 15) is 5.11 Å². The average Bonchev–Trinajstić information content (AvgIpc) is 3.16. The van der Waals surface area contributed by atoms with Gasteiger partial charge in [0.2, 0.25) is 5.95 Å². The van der Waals surface area contributed by atoms with Crippen molar-refractivity contribution in [2.75, 3.05) is 17.3 Å². The molecular formula is C20H24N8O. The van der Waals surface area contributed by atoms with E-state index in [4.69, 9.17) is 9.97 Å². The molecule has 3 aromatic heterocycles. The van der Waals surface area contributed by atoms with Crippen molar-refractivity contribution < 1.29 is 5.11 Å². The zero-order chi connectivity index (χ0) is 19.5. The number of piperidine rings is 2. The summed E-state index contributed by atoms with van der Waals surface area (Å²) in [5, 5.41) is 20.4. The summed E-state index contributed by atoms with van der Waals surface area (Å²) >= 11 is 0. The molecule has 3 saturated heterocycles. The highest BCUT2D eigenvalue weighted by Gasteiger charge is 2.55. The first-order valence-electron chi connectivity index (χ1n) is 10.2. The Labute approximate surface area is 168 Å². The number of nitrogens with zero attached hydrogens (tertiary/aromatic N) is 6. The third-order valence-electron chi connectivity index (χ3n) is 6.81. The summed E-state index contributed by atoms with van der Waals surface area (Å²) in [6.07, 6.45) is 6.80. The van der Waals surface area contributed by atoms with E-state index in [1.54, 1.807) is 12.3 Å². The number of aliphatic hydroxyl groups is 1. The Hall–Kier alpha value is -2.78. The monoisotopic (exact) mass is 392 g/mol. The second-order valence-electron chi connectivity index (χ2n) is 8.42. The predicted octanol–water partition coefficient (Wildman–Crippen LogP) is 1.80. The average molecular weight is 392 g/mol. The summed E-state index contributed by atoms with van der Waals surface area (Å²) in [7, 11) is 2.10. The van der Waals surface area contributed by atoms with Gasteiger partial charge < -0.3 is 15.3 Å². The van der Waals surface area contributed by atoms with E-state index in [0.29, 0.717) is 35.0 Å². The molecular weight excluding hydrogens is 368 g/mol. The molecule has 4 atom stereocenters. The quantitative estimate of drug-likeness (QED) is 0.604. The fourth-order valence-corrected chi connectivity index (χ4v) is 5.30. The first-order valence-corrected chi connectivity index (χ1v) is 10.2. The zero-order valence-corrected chi connectivity index (χ0v) is 16.3. The molecule has 6 rings (SSSR count). The molecule has 0 bridgehead atoms. The van der Waals surface area contributed by atoms with Crippen LogP contribution in [0.2, 0.25) is 0 Å². The first-order chi connectivity index (χ1) is 14.2. The van der Waals surface area contributed by atoms with Crippen LogP contribution < -0.4 is 10.2 Å². The van der Waals surface area contributed by atoms with Crippen LogP contribution in [0.4, 0.5) is 17.6 Å². The molecule has 3 aromatic rings. The van der Waals surface area contributed by atoms with Gasteiger partial charge in [0, 0.05) is 43.5 Å². The molecule has 29 heavy (non-hydrogen) atoms. The number of hydrogen-bond donors (Lipinski definition) is 3. The van der Waals surface area contributed by atoms with Gasteiger partial charge in [-0.2, -0.15) is 15.1 Å². The lowest BCUT2D eigenvalue weighted by atomic mass is 9.68. The topological polar surface area (TPSA) is 106 Å². The Bertz CT molecular complexity index is 1050. The number of pyridine rings is 1. The molecule has 9 nitrogen and oxygen atoms in total. The van der Waals surface area contributed by atoms with E-state index < -0.39 is 0 Å². The Kier molecular flexibility index (Phi) is 3.75. The summed E-state index contributed by atoms with van der Waals surface area (Å²) in [5.74, 6) is 1.96. The van der Waals surface area contributed by atoms with Gasteiger partial charge in [-0.15, -0.1) is 0 Å². The number of hydrogen-bond acceptors (Lipinski definition) is 8. The highest BCUT2D eigenvalue weighted by Crippen LogP contribution is 2.49. The van der Waals surface area contributed by atoms with Gasteiger partial charge in [-0.3, -0.25) is 10.00 Å². The van der Waals surface area contributed by atoms with Gasteiger partial charge in [0.25, 0.3) is 0 Å². The minimum absolute atomic E-state index is 0.0867. The molecule has 9 heteroatoms. The maximum Gasteiger partial charge on any atom is 0.229 e. The van der Waals surface area contributed by atoms with Gasteiger partial charge in [-0.1, -0.05) is 0 Å². The zero-order valence-electron chi connectivity index (χ0n) is 16.3. The normalized spacial score (nSPS) is 27.8. The number of anilines is 3. The maximum absolute atomic E-state index is 9.27. The van der Waals surface area contributed by atoms with E-state index in [1.807, 2.05) is 12.1 Å². The minimum atomic E-state index is -0.0867. The lowest BCUT2D eigenvalue weighted by molar-refractivity contribution is -0.148. The first kappa shape index (κ1) is 17.1. The fraction of sp³-hybridized carbons (Fsp3) is 0.500. The van der Waals surface area contributed by atoms with E-state index in [-0.39, 0.29) is 6.61 Å². The minimum Gasteiger partial charge on any atom is -0.390 e. The van der Waals surface area contributed by atoms with Crippen molar-refractivity contribution in [2.24, 2.45) is 0 Å². The van der Waals surface area contributed by atoms with Crippen LogP contribution in [-0.4, -0.2) is 66.4 Å². The summed E-state index contributed by atoms with van der Waals surface area (Å²) in [6, 6.07) is 8.38. The second kappa shape index (κ2) is 6.36. The van der Waals surface area contributed by atoms with E-state index in [1.165, 1.54) is 25.7 Å². The number of H-pyrrole nitrogens is 1. The third kappa shape index (κ3) is 2.68. The molecule has 3 N–H and O–H groups in total. The molecule has 0 amide bonds. The van der Waals surface area contributed by atoms with Gasteiger partial charge in [-0.25, -0.2) is 4.98 Å². The number of rotatable bonds is 5. The van der Waals surface area contributed by atoms with Gasteiger partial charge in [0.15, 0.2) is 11.5 Å². The molecule has 3 fully saturated rings. The van der Waals surface area contributed by atoms with Gasteiger partial charge in [0.05, 0.1) is 17.7 Å². The number of aliphatic hydroxyl groups excluding tert-OH is 1. The molecule has 3 aliphatic rings. The molecule has 150 valence electrons. The largest absolute Gasteiger partial charge is 0.390 e. The number of aromatic amines is 1. The number of fused-ring (bicyclic) bond motifs is 1. The maximum atomic E-state index is 9.27. The van der Waals surface area contributed by atoms with Gasteiger partial charge >= 0.3 is 0 Å². The summed E-state index contributed by atoms with van der Waals surface area (Å²) < 4.78 is 0. The van der Waals surface area contributed by atoms with Crippen LogP contribution in [0.1, 0.15) is 31.4 Å². The second-order valence-corrected chi connectivity index (χ2v) is 8.42. The lowest BCUT2D eigenvalue weighted by Gasteiger charge is -2.66. The Morgan fingerprint density at radius 1 is 1.21 bits per heavy atom. The molecule has 3 aliphatic heterocycles. The molecule has 6 heterocycles. The Balaban J connectivity index is 1.33. The van der Waals surface area contributed by atoms with E-state index >= 15 is 0 Å². The molecule has 0 spiro atoms. The van der Waals surface area contributed by atoms with Crippen LogP contribution in [-0.2, 0) is 6.61 Å². The molecule has 2 unspecified atom stereocenters. The fourth-order valence-electron chi connectivity index (χ4n) is 5.30. The van der Waals surface area contributed by atoms with Crippen molar-refractivity contribution in [1.82, 2.24) is 30.0 Å². The summed E-state index contributed by atoms with van der Waals surface area (Å²) in [4.78, 5) is 19.0. The van der Waals surface area contributed by atoms with Crippen LogP contribution in [0.25, 0.3) is 11.0 Å². The van der Waals surface area contributed by atoms with Crippen molar-refractivity contribution in [3.63, 3.8) is 0 Å². The van der Waals surface area contributed by atoms with Crippen molar-refractivity contribution in [3.05, 3.63) is 30.1 Å². The molecule has 0 radical (unpaired) electrons. The van der Waals surface area contributed by atoms with E-state index in [2.05, 4.69) is 37.3 Å². The molecule has 0 aliphatic carbocycles. The standard InChI is InChI=1S/C20H24N8O/c1-27(12-6-13-8-15-9-14(7-12)28(13)15)20-23-18-16(3-2-4-21-18)19(24-20)22-17-5-11(10-29)25-26-17/h2-5,12-15,29H,6-10H2,1H3,(H2,21,22,23,24,25,26)/t12?,13-,14+,15?. The van der Waals surface area contributed by atoms with Crippen molar-refractivity contribution >= 4 is 28.6 Å². The lowest BCUT2D eigenvalue weighted by Crippen LogP contribution is -2.74. The SMILES string of the molecule is CN(c1nc(Nc2cc(CO)[nH]n2)c2cccnc2n1)C1C[C@@H]2CC3C[C@H](C1)N32.